The van der Waals surface area contributed by atoms with Gasteiger partial charge < -0.3 is 10.5 Å². The minimum atomic E-state index is -0.195. The van der Waals surface area contributed by atoms with Crippen LogP contribution in [0.4, 0.5) is 0 Å². The molecule has 0 fully saturated rings. The second-order valence-corrected chi connectivity index (χ2v) is 5.69. The lowest BCUT2D eigenvalue weighted by molar-refractivity contribution is 0.414. The zero-order chi connectivity index (χ0) is 14.7. The first-order valence-electron chi connectivity index (χ1n) is 6.04. The summed E-state index contributed by atoms with van der Waals surface area (Å²) in [6, 6.07) is 10.7. The number of benzene rings is 2. The Morgan fingerprint density at radius 1 is 1.05 bits per heavy atom. The van der Waals surface area contributed by atoms with Crippen molar-refractivity contribution in [2.75, 3.05) is 7.11 Å². The molecule has 0 aliphatic heterocycles. The van der Waals surface area contributed by atoms with Gasteiger partial charge in [-0.15, -0.1) is 0 Å². The third kappa shape index (κ3) is 3.58. The van der Waals surface area contributed by atoms with Gasteiger partial charge >= 0.3 is 0 Å². The second kappa shape index (κ2) is 6.68. The molecule has 0 saturated carbocycles. The highest BCUT2D eigenvalue weighted by molar-refractivity contribution is 6.35. The summed E-state index contributed by atoms with van der Waals surface area (Å²) in [5.74, 6) is 0.613. The SMILES string of the molecule is COc1cc(C(N)Cc2ccc(Cl)cc2Cl)ccc1Cl. The van der Waals surface area contributed by atoms with Gasteiger partial charge in [0.2, 0.25) is 0 Å². The maximum Gasteiger partial charge on any atom is 0.137 e. The van der Waals surface area contributed by atoms with Gasteiger partial charge in [-0.1, -0.05) is 46.9 Å². The maximum atomic E-state index is 6.22. The fourth-order valence-corrected chi connectivity index (χ4v) is 2.63. The quantitative estimate of drug-likeness (QED) is 0.865. The highest BCUT2D eigenvalue weighted by Gasteiger charge is 2.12. The van der Waals surface area contributed by atoms with E-state index >= 15 is 0 Å². The summed E-state index contributed by atoms with van der Waals surface area (Å²) in [7, 11) is 1.58. The van der Waals surface area contributed by atoms with Crippen molar-refractivity contribution in [2.45, 2.75) is 12.5 Å². The van der Waals surface area contributed by atoms with E-state index in [2.05, 4.69) is 0 Å². The monoisotopic (exact) mass is 329 g/mol. The molecule has 0 aliphatic rings. The van der Waals surface area contributed by atoms with Crippen LogP contribution in [-0.2, 0) is 6.42 Å². The van der Waals surface area contributed by atoms with E-state index < -0.39 is 0 Å². The number of hydrogen-bond acceptors (Lipinski definition) is 2. The van der Waals surface area contributed by atoms with Crippen LogP contribution in [0.1, 0.15) is 17.2 Å². The molecule has 0 aliphatic carbocycles. The Hall–Kier alpha value is -0.930. The largest absolute Gasteiger partial charge is 0.495 e. The Bertz CT molecular complexity index is 616. The third-order valence-corrected chi connectivity index (χ3v) is 3.96. The number of nitrogens with two attached hydrogens (primary N) is 1. The first-order valence-corrected chi connectivity index (χ1v) is 7.17. The summed E-state index contributed by atoms with van der Waals surface area (Å²) in [6.07, 6.45) is 0.612. The van der Waals surface area contributed by atoms with Gasteiger partial charge in [-0.05, 0) is 41.8 Å². The molecule has 1 atom stereocenters. The number of ether oxygens (including phenoxy) is 1. The topological polar surface area (TPSA) is 35.2 Å². The van der Waals surface area contributed by atoms with E-state index in [0.29, 0.717) is 27.2 Å². The molecule has 1 unspecified atom stereocenters. The van der Waals surface area contributed by atoms with E-state index in [9.17, 15) is 0 Å². The van der Waals surface area contributed by atoms with E-state index in [0.717, 1.165) is 11.1 Å². The Kier molecular flexibility index (Phi) is 5.17. The molecule has 2 rings (SSSR count). The van der Waals surface area contributed by atoms with E-state index in [-0.39, 0.29) is 6.04 Å². The molecule has 0 bridgehead atoms. The van der Waals surface area contributed by atoms with Crippen molar-refractivity contribution in [3.05, 3.63) is 62.6 Å². The number of hydrogen-bond donors (Lipinski definition) is 1. The molecule has 5 heteroatoms. The van der Waals surface area contributed by atoms with Crippen LogP contribution in [0.25, 0.3) is 0 Å². The molecule has 0 spiro atoms. The summed E-state index contributed by atoms with van der Waals surface area (Å²) < 4.78 is 5.19. The maximum absolute atomic E-state index is 6.22. The van der Waals surface area contributed by atoms with Crippen LogP contribution in [0.2, 0.25) is 15.1 Å². The van der Waals surface area contributed by atoms with Gasteiger partial charge in [0.05, 0.1) is 12.1 Å². The first-order chi connectivity index (χ1) is 9.51. The van der Waals surface area contributed by atoms with Gasteiger partial charge in [-0.3, -0.25) is 0 Å². The molecule has 0 amide bonds. The summed E-state index contributed by atoms with van der Waals surface area (Å²) in [5.41, 5.74) is 8.12. The fourth-order valence-electron chi connectivity index (χ4n) is 1.95. The molecule has 0 heterocycles. The highest BCUT2D eigenvalue weighted by Crippen LogP contribution is 2.30. The first kappa shape index (κ1) is 15.5. The third-order valence-electron chi connectivity index (χ3n) is 3.06. The second-order valence-electron chi connectivity index (χ2n) is 4.44. The zero-order valence-corrected chi connectivity index (χ0v) is 13.1. The predicted molar refractivity (Wildman–Crippen MR) is 85.1 cm³/mol. The molecular weight excluding hydrogens is 317 g/mol. The number of rotatable bonds is 4. The Balaban J connectivity index is 2.21. The number of methoxy groups -OCH3 is 1. The average molecular weight is 331 g/mol. The number of halogens is 3. The summed E-state index contributed by atoms with van der Waals surface area (Å²) in [4.78, 5) is 0. The van der Waals surface area contributed by atoms with E-state index in [1.54, 1.807) is 25.3 Å². The van der Waals surface area contributed by atoms with Crippen LogP contribution in [0.3, 0.4) is 0 Å². The van der Waals surface area contributed by atoms with Gasteiger partial charge in [0.1, 0.15) is 5.75 Å². The Labute approximate surface area is 133 Å². The van der Waals surface area contributed by atoms with Gasteiger partial charge in [0.15, 0.2) is 0 Å². The lowest BCUT2D eigenvalue weighted by Gasteiger charge is -2.15. The molecule has 2 N–H and O–H groups in total. The van der Waals surface area contributed by atoms with Crippen molar-refractivity contribution in [3.8, 4) is 5.75 Å². The van der Waals surface area contributed by atoms with Crippen molar-refractivity contribution >= 4 is 34.8 Å². The molecule has 0 radical (unpaired) electrons. The van der Waals surface area contributed by atoms with Gasteiger partial charge in [0, 0.05) is 16.1 Å². The van der Waals surface area contributed by atoms with E-state index in [4.69, 9.17) is 45.3 Å². The summed E-state index contributed by atoms with van der Waals surface area (Å²) >= 11 is 18.0. The van der Waals surface area contributed by atoms with Crippen LogP contribution < -0.4 is 10.5 Å². The summed E-state index contributed by atoms with van der Waals surface area (Å²) in [5, 5.41) is 1.79. The van der Waals surface area contributed by atoms with Gasteiger partial charge in [-0.25, -0.2) is 0 Å². The minimum absolute atomic E-state index is 0.195. The molecule has 2 nitrogen and oxygen atoms in total. The van der Waals surface area contributed by atoms with Crippen LogP contribution >= 0.6 is 34.8 Å². The predicted octanol–water partition coefficient (Wildman–Crippen LogP) is 4.90. The van der Waals surface area contributed by atoms with E-state index in [1.165, 1.54) is 0 Å². The van der Waals surface area contributed by atoms with Crippen molar-refractivity contribution < 1.29 is 4.74 Å². The molecule has 0 saturated heterocycles. The molecular formula is C15H14Cl3NO. The standard InChI is InChI=1S/C15H14Cl3NO/c1-20-15-7-10(3-5-12(15)17)14(19)6-9-2-4-11(16)8-13(9)18/h2-5,7-8,14H,6,19H2,1H3. The Morgan fingerprint density at radius 2 is 1.80 bits per heavy atom. The van der Waals surface area contributed by atoms with Crippen LogP contribution in [-0.4, -0.2) is 7.11 Å². The summed E-state index contributed by atoms with van der Waals surface area (Å²) in [6.45, 7) is 0. The lowest BCUT2D eigenvalue weighted by Crippen LogP contribution is -2.13. The molecule has 2 aromatic carbocycles. The van der Waals surface area contributed by atoms with E-state index in [1.807, 2.05) is 18.2 Å². The van der Waals surface area contributed by atoms with Crippen molar-refractivity contribution in [2.24, 2.45) is 5.73 Å². The molecule has 0 aromatic heterocycles. The van der Waals surface area contributed by atoms with Crippen LogP contribution in [0.15, 0.2) is 36.4 Å². The van der Waals surface area contributed by atoms with Gasteiger partial charge in [0.25, 0.3) is 0 Å². The van der Waals surface area contributed by atoms with Crippen molar-refractivity contribution in [1.82, 2.24) is 0 Å². The average Bonchev–Trinajstić information content (AvgIpc) is 2.42. The van der Waals surface area contributed by atoms with Crippen molar-refractivity contribution in [1.29, 1.82) is 0 Å². The fraction of sp³-hybridized carbons (Fsp3) is 0.200. The van der Waals surface area contributed by atoms with Gasteiger partial charge in [-0.2, -0.15) is 0 Å². The van der Waals surface area contributed by atoms with Crippen LogP contribution in [0, 0.1) is 0 Å². The smallest absolute Gasteiger partial charge is 0.137 e. The zero-order valence-electron chi connectivity index (χ0n) is 10.9. The molecule has 2 aromatic rings. The minimum Gasteiger partial charge on any atom is -0.495 e. The van der Waals surface area contributed by atoms with Crippen molar-refractivity contribution in [3.63, 3.8) is 0 Å². The Morgan fingerprint density at radius 3 is 2.45 bits per heavy atom. The normalized spacial score (nSPS) is 12.2. The molecule has 106 valence electrons. The molecule has 20 heavy (non-hydrogen) atoms. The lowest BCUT2D eigenvalue weighted by atomic mass is 9.99. The van der Waals surface area contributed by atoms with Crippen LogP contribution in [0.5, 0.6) is 5.75 Å². The highest BCUT2D eigenvalue weighted by atomic mass is 35.5.